The van der Waals surface area contributed by atoms with E-state index in [0.29, 0.717) is 0 Å². The fourth-order valence-corrected chi connectivity index (χ4v) is 1.04. The van der Waals surface area contributed by atoms with Crippen molar-refractivity contribution < 1.29 is 0 Å². The highest BCUT2D eigenvalue weighted by Gasteiger charge is 1.94. The van der Waals surface area contributed by atoms with Crippen molar-refractivity contribution in [1.82, 2.24) is 0 Å². The van der Waals surface area contributed by atoms with E-state index in [4.69, 9.17) is 5.73 Å². The van der Waals surface area contributed by atoms with Crippen molar-refractivity contribution in [3.8, 4) is 0 Å². The number of hydrogen-bond acceptors (Lipinski definition) is 1. The summed E-state index contributed by atoms with van der Waals surface area (Å²) in [6.07, 6.45) is 9.33. The Bertz CT molecular complexity index is 97.3. The van der Waals surface area contributed by atoms with Gasteiger partial charge in [0.05, 0.1) is 0 Å². The molecule has 0 aromatic carbocycles. The third kappa shape index (κ3) is 18.6. The van der Waals surface area contributed by atoms with Gasteiger partial charge >= 0.3 is 0 Å². The minimum Gasteiger partial charge on any atom is -0.330 e. The van der Waals surface area contributed by atoms with Crippen LogP contribution >= 0.6 is 0 Å². The molecule has 1 unspecified atom stereocenters. The van der Waals surface area contributed by atoms with E-state index in [0.717, 1.165) is 12.5 Å². The largest absolute Gasteiger partial charge is 0.330 e. The van der Waals surface area contributed by atoms with Crippen LogP contribution in [0.1, 0.15) is 53.4 Å². The van der Waals surface area contributed by atoms with E-state index in [-0.39, 0.29) is 0 Å². The molecule has 2 N–H and O–H groups in total. The lowest BCUT2D eigenvalue weighted by Crippen LogP contribution is -1.99. The lowest BCUT2D eigenvalue weighted by Gasteiger charge is -2.03. The standard InChI is InChI=1S/C9H19N.C3H8/c1-3-6-9(2)7-4-5-8-10;1-3-2/h3,6,9H,4-5,7-8,10H2,1-2H3;3H2,1-2H3/b6-3-;. The van der Waals surface area contributed by atoms with Gasteiger partial charge in [0.1, 0.15) is 0 Å². The molecule has 1 nitrogen and oxygen atoms in total. The van der Waals surface area contributed by atoms with Crippen LogP contribution in [0.5, 0.6) is 0 Å². The molecular weight excluding hydrogens is 158 g/mol. The highest BCUT2D eigenvalue weighted by Crippen LogP contribution is 2.07. The van der Waals surface area contributed by atoms with Gasteiger partial charge in [0, 0.05) is 0 Å². The Balaban J connectivity index is 0. The maximum Gasteiger partial charge on any atom is -0.00773 e. The van der Waals surface area contributed by atoms with Crippen molar-refractivity contribution in [3.63, 3.8) is 0 Å². The van der Waals surface area contributed by atoms with Crippen LogP contribution in [0.25, 0.3) is 0 Å². The average molecular weight is 185 g/mol. The van der Waals surface area contributed by atoms with Crippen LogP contribution in [0, 0.1) is 5.92 Å². The van der Waals surface area contributed by atoms with Gasteiger partial charge in [-0.05, 0) is 32.2 Å². The van der Waals surface area contributed by atoms with Crippen molar-refractivity contribution in [3.05, 3.63) is 12.2 Å². The summed E-state index contributed by atoms with van der Waals surface area (Å²) in [5, 5.41) is 0. The second kappa shape index (κ2) is 14.2. The van der Waals surface area contributed by atoms with Crippen molar-refractivity contribution in [2.75, 3.05) is 6.54 Å². The second-order valence-corrected chi connectivity index (χ2v) is 3.49. The Morgan fingerprint density at radius 3 is 2.15 bits per heavy atom. The van der Waals surface area contributed by atoms with E-state index < -0.39 is 0 Å². The SMILES string of the molecule is C/C=C\C(C)CCCCN.CCC. The van der Waals surface area contributed by atoms with E-state index in [1.807, 2.05) is 0 Å². The van der Waals surface area contributed by atoms with Gasteiger partial charge in [0.15, 0.2) is 0 Å². The van der Waals surface area contributed by atoms with Gasteiger partial charge in [-0.15, -0.1) is 0 Å². The van der Waals surface area contributed by atoms with E-state index in [2.05, 4.69) is 39.8 Å². The van der Waals surface area contributed by atoms with Gasteiger partial charge in [-0.3, -0.25) is 0 Å². The number of allylic oxidation sites excluding steroid dienone is 2. The van der Waals surface area contributed by atoms with E-state index in [1.54, 1.807) is 0 Å². The van der Waals surface area contributed by atoms with Crippen LogP contribution in [0.4, 0.5) is 0 Å². The number of hydrogen-bond donors (Lipinski definition) is 1. The molecule has 0 aromatic heterocycles. The average Bonchev–Trinajstić information content (AvgIpc) is 2.07. The minimum atomic E-state index is 0.733. The summed E-state index contributed by atoms with van der Waals surface area (Å²) in [6.45, 7) is 9.40. The lowest BCUT2D eigenvalue weighted by molar-refractivity contribution is 0.585. The molecular formula is C12H27N. The molecule has 0 bridgehead atoms. The van der Waals surface area contributed by atoms with E-state index in [9.17, 15) is 0 Å². The first kappa shape index (κ1) is 15.2. The Morgan fingerprint density at radius 2 is 1.77 bits per heavy atom. The molecule has 0 heterocycles. The first-order chi connectivity index (χ1) is 6.22. The van der Waals surface area contributed by atoms with Crippen LogP contribution in [-0.2, 0) is 0 Å². The van der Waals surface area contributed by atoms with Crippen molar-refractivity contribution in [1.29, 1.82) is 0 Å². The minimum absolute atomic E-state index is 0.733. The van der Waals surface area contributed by atoms with Crippen LogP contribution in [0.15, 0.2) is 12.2 Å². The zero-order chi connectivity index (χ0) is 10.5. The zero-order valence-corrected chi connectivity index (χ0v) is 9.84. The summed E-state index contributed by atoms with van der Waals surface area (Å²) in [5.74, 6) is 0.733. The molecule has 0 aliphatic carbocycles. The maximum absolute atomic E-state index is 5.37. The first-order valence-corrected chi connectivity index (χ1v) is 5.55. The van der Waals surface area contributed by atoms with Gasteiger partial charge in [-0.2, -0.15) is 0 Å². The Kier molecular flexibility index (Phi) is 16.6. The first-order valence-electron chi connectivity index (χ1n) is 5.55. The smallest absolute Gasteiger partial charge is 0.00773 e. The number of rotatable bonds is 5. The quantitative estimate of drug-likeness (QED) is 0.512. The molecule has 0 fully saturated rings. The molecule has 0 aliphatic heterocycles. The highest BCUT2D eigenvalue weighted by atomic mass is 14.5. The molecule has 0 saturated carbocycles. The predicted molar refractivity (Wildman–Crippen MR) is 62.8 cm³/mol. The summed E-state index contributed by atoms with van der Waals surface area (Å²) in [5.41, 5.74) is 5.37. The number of nitrogens with two attached hydrogens (primary N) is 1. The molecule has 0 rings (SSSR count). The van der Waals surface area contributed by atoms with E-state index in [1.165, 1.54) is 25.7 Å². The molecule has 0 saturated heterocycles. The van der Waals surface area contributed by atoms with Crippen molar-refractivity contribution in [2.45, 2.75) is 53.4 Å². The van der Waals surface area contributed by atoms with Gasteiger partial charge in [-0.1, -0.05) is 45.8 Å². The zero-order valence-electron chi connectivity index (χ0n) is 9.84. The molecule has 80 valence electrons. The molecule has 0 amide bonds. The third-order valence-corrected chi connectivity index (χ3v) is 1.63. The molecule has 0 aromatic rings. The fraction of sp³-hybridized carbons (Fsp3) is 0.833. The fourth-order valence-electron chi connectivity index (χ4n) is 1.04. The molecule has 1 atom stereocenters. The Hall–Kier alpha value is -0.300. The summed E-state index contributed by atoms with van der Waals surface area (Å²) in [4.78, 5) is 0. The van der Waals surface area contributed by atoms with Crippen LogP contribution < -0.4 is 5.73 Å². The summed E-state index contributed by atoms with van der Waals surface area (Å²) in [7, 11) is 0. The highest BCUT2D eigenvalue weighted by molar-refractivity contribution is 4.82. The van der Waals surface area contributed by atoms with Crippen molar-refractivity contribution in [2.24, 2.45) is 11.7 Å². The monoisotopic (exact) mass is 185 g/mol. The third-order valence-electron chi connectivity index (χ3n) is 1.63. The summed E-state index contributed by atoms with van der Waals surface area (Å²) < 4.78 is 0. The summed E-state index contributed by atoms with van der Waals surface area (Å²) >= 11 is 0. The second-order valence-electron chi connectivity index (χ2n) is 3.49. The maximum atomic E-state index is 5.37. The van der Waals surface area contributed by atoms with Crippen molar-refractivity contribution >= 4 is 0 Å². The van der Waals surface area contributed by atoms with Crippen LogP contribution in [0.3, 0.4) is 0 Å². The topological polar surface area (TPSA) is 26.0 Å². The van der Waals surface area contributed by atoms with Gasteiger partial charge in [0.25, 0.3) is 0 Å². The normalized spacial score (nSPS) is 12.4. The van der Waals surface area contributed by atoms with Crippen LogP contribution in [-0.4, -0.2) is 6.54 Å². The number of unbranched alkanes of at least 4 members (excludes halogenated alkanes) is 1. The van der Waals surface area contributed by atoms with Gasteiger partial charge < -0.3 is 5.73 Å². The Morgan fingerprint density at radius 1 is 1.23 bits per heavy atom. The van der Waals surface area contributed by atoms with Gasteiger partial charge in [-0.25, -0.2) is 0 Å². The van der Waals surface area contributed by atoms with Crippen LogP contribution in [0.2, 0.25) is 0 Å². The molecule has 13 heavy (non-hydrogen) atoms. The molecule has 0 aliphatic rings. The summed E-state index contributed by atoms with van der Waals surface area (Å²) in [6, 6.07) is 0. The van der Waals surface area contributed by atoms with Gasteiger partial charge in [0.2, 0.25) is 0 Å². The molecule has 1 heteroatoms. The Labute approximate surface area is 84.4 Å². The lowest BCUT2D eigenvalue weighted by atomic mass is 10.0. The molecule has 0 spiro atoms. The van der Waals surface area contributed by atoms with E-state index >= 15 is 0 Å². The molecule has 0 radical (unpaired) electrons. The predicted octanol–water partition coefficient (Wildman–Crippen LogP) is 3.74.